The Morgan fingerprint density at radius 3 is 2.85 bits per heavy atom. The van der Waals surface area contributed by atoms with Crippen LogP contribution in [0, 0.1) is 0 Å². The number of benzene rings is 1. The summed E-state index contributed by atoms with van der Waals surface area (Å²) in [4.78, 5) is 8.43. The second-order valence-electron chi connectivity index (χ2n) is 4.17. The number of fused-ring (bicyclic) bond motifs is 1. The zero-order chi connectivity index (χ0) is 13.8. The predicted molar refractivity (Wildman–Crippen MR) is 78.9 cm³/mol. The number of pyridine rings is 2. The first-order valence-electron chi connectivity index (χ1n) is 6.12. The van der Waals surface area contributed by atoms with E-state index in [1.54, 1.807) is 24.5 Å². The summed E-state index contributed by atoms with van der Waals surface area (Å²) in [7, 11) is 0. The van der Waals surface area contributed by atoms with Gasteiger partial charge in [0.1, 0.15) is 17.1 Å². The highest BCUT2D eigenvalue weighted by Crippen LogP contribution is 2.21. The lowest BCUT2D eigenvalue weighted by molar-refractivity contribution is 0.480. The van der Waals surface area contributed by atoms with Crippen molar-refractivity contribution >= 4 is 22.9 Å². The number of rotatable bonds is 3. The molecular weight excluding hydrogens is 252 g/mol. The van der Waals surface area contributed by atoms with Gasteiger partial charge in [-0.15, -0.1) is 0 Å². The number of anilines is 1. The van der Waals surface area contributed by atoms with E-state index in [0.717, 1.165) is 5.39 Å². The lowest BCUT2D eigenvalue weighted by Gasteiger charge is -2.01. The molecule has 20 heavy (non-hydrogen) atoms. The highest BCUT2D eigenvalue weighted by Gasteiger charge is 2.01. The van der Waals surface area contributed by atoms with Gasteiger partial charge in [-0.25, -0.2) is 9.97 Å². The van der Waals surface area contributed by atoms with E-state index in [4.69, 9.17) is 0 Å². The summed E-state index contributed by atoms with van der Waals surface area (Å²) in [5.74, 6) is 0.822. The molecule has 0 radical (unpaired) electrons. The summed E-state index contributed by atoms with van der Waals surface area (Å²) in [6, 6.07) is 14.6. The zero-order valence-corrected chi connectivity index (χ0v) is 10.6. The van der Waals surface area contributed by atoms with Crippen molar-refractivity contribution < 1.29 is 5.11 Å². The molecule has 1 aromatic carbocycles. The Labute approximate surface area is 115 Å². The number of aromatic nitrogens is 2. The molecule has 5 nitrogen and oxygen atoms in total. The van der Waals surface area contributed by atoms with Crippen molar-refractivity contribution in [2.24, 2.45) is 5.10 Å². The molecule has 0 bridgehead atoms. The fourth-order valence-corrected chi connectivity index (χ4v) is 1.81. The van der Waals surface area contributed by atoms with Crippen LogP contribution < -0.4 is 5.43 Å². The maximum Gasteiger partial charge on any atom is 0.146 e. The molecule has 5 heteroatoms. The summed E-state index contributed by atoms with van der Waals surface area (Å²) >= 11 is 0. The Balaban J connectivity index is 1.82. The minimum Gasteiger partial charge on any atom is -0.506 e. The summed E-state index contributed by atoms with van der Waals surface area (Å²) in [5.41, 5.74) is 4.03. The van der Waals surface area contributed by atoms with Crippen LogP contribution in [0.2, 0.25) is 0 Å². The second-order valence-corrected chi connectivity index (χ2v) is 4.17. The van der Waals surface area contributed by atoms with Crippen LogP contribution in [0.15, 0.2) is 59.8 Å². The number of para-hydroxylation sites is 1. The number of nitrogens with one attached hydrogen (secondary N) is 1. The standard InChI is InChI=1S/C15H12N4O/c20-13-5-3-4-11-7-8-12(18-15(11)13)10-17-19-14-6-1-2-9-16-14/h1-10,20H,(H,16,19)/b17-10+. The van der Waals surface area contributed by atoms with Gasteiger partial charge in [-0.3, -0.25) is 5.43 Å². The number of aromatic hydroxyl groups is 1. The molecule has 0 aliphatic rings. The second kappa shape index (κ2) is 5.36. The van der Waals surface area contributed by atoms with Crippen molar-refractivity contribution in [3.05, 3.63) is 60.4 Å². The number of nitrogens with zero attached hydrogens (tertiary/aromatic N) is 3. The molecule has 0 aliphatic carbocycles. The summed E-state index contributed by atoms with van der Waals surface area (Å²) in [6.45, 7) is 0. The van der Waals surface area contributed by atoms with E-state index in [9.17, 15) is 5.11 Å². The molecule has 2 heterocycles. The van der Waals surface area contributed by atoms with Gasteiger partial charge in [-0.1, -0.05) is 24.3 Å². The molecule has 0 saturated carbocycles. The molecule has 0 unspecified atom stereocenters. The Kier molecular flexibility index (Phi) is 3.24. The molecule has 3 rings (SSSR count). The topological polar surface area (TPSA) is 70.4 Å². The van der Waals surface area contributed by atoms with Crippen molar-refractivity contribution in [1.29, 1.82) is 0 Å². The molecule has 2 N–H and O–H groups in total. The van der Waals surface area contributed by atoms with Gasteiger partial charge in [-0.05, 0) is 24.3 Å². The van der Waals surface area contributed by atoms with Crippen LogP contribution >= 0.6 is 0 Å². The molecule has 0 saturated heterocycles. The average molecular weight is 264 g/mol. The van der Waals surface area contributed by atoms with Crippen LogP contribution in [0.25, 0.3) is 10.9 Å². The van der Waals surface area contributed by atoms with Crippen molar-refractivity contribution in [3.8, 4) is 5.75 Å². The van der Waals surface area contributed by atoms with Crippen LogP contribution in [0.1, 0.15) is 5.69 Å². The van der Waals surface area contributed by atoms with Crippen LogP contribution in [-0.2, 0) is 0 Å². The summed E-state index contributed by atoms with van der Waals surface area (Å²) < 4.78 is 0. The highest BCUT2D eigenvalue weighted by molar-refractivity contribution is 5.88. The Bertz CT molecular complexity index is 756. The van der Waals surface area contributed by atoms with Gasteiger partial charge in [-0.2, -0.15) is 5.10 Å². The fraction of sp³-hybridized carbons (Fsp3) is 0. The molecule has 3 aromatic rings. The lowest BCUT2D eigenvalue weighted by atomic mass is 10.2. The number of hydrazone groups is 1. The first-order chi connectivity index (χ1) is 9.83. The van der Waals surface area contributed by atoms with Gasteiger partial charge in [0.15, 0.2) is 0 Å². The summed E-state index contributed by atoms with van der Waals surface area (Å²) in [6.07, 6.45) is 3.27. The molecule has 0 spiro atoms. The van der Waals surface area contributed by atoms with Crippen LogP contribution in [0.5, 0.6) is 5.75 Å². The van der Waals surface area contributed by atoms with E-state index in [-0.39, 0.29) is 5.75 Å². The van der Waals surface area contributed by atoms with Crippen molar-refractivity contribution in [2.45, 2.75) is 0 Å². The summed E-state index contributed by atoms with van der Waals surface area (Å²) in [5, 5.41) is 14.7. The fourth-order valence-electron chi connectivity index (χ4n) is 1.81. The third-order valence-electron chi connectivity index (χ3n) is 2.76. The van der Waals surface area contributed by atoms with E-state index in [0.29, 0.717) is 17.0 Å². The van der Waals surface area contributed by atoms with E-state index >= 15 is 0 Å². The Morgan fingerprint density at radius 2 is 2.00 bits per heavy atom. The predicted octanol–water partition coefficient (Wildman–Crippen LogP) is 2.78. The number of hydrogen-bond acceptors (Lipinski definition) is 5. The monoisotopic (exact) mass is 264 g/mol. The normalized spacial score (nSPS) is 11.0. The molecule has 0 amide bonds. The van der Waals surface area contributed by atoms with E-state index in [2.05, 4.69) is 20.5 Å². The number of phenolic OH excluding ortho intramolecular Hbond substituents is 1. The van der Waals surface area contributed by atoms with Crippen molar-refractivity contribution in [3.63, 3.8) is 0 Å². The minimum absolute atomic E-state index is 0.162. The Morgan fingerprint density at radius 1 is 1.05 bits per heavy atom. The van der Waals surface area contributed by atoms with Gasteiger partial charge in [0.05, 0.1) is 11.9 Å². The Hall–Kier alpha value is -2.95. The van der Waals surface area contributed by atoms with Gasteiger partial charge in [0.2, 0.25) is 0 Å². The molecular formula is C15H12N4O. The van der Waals surface area contributed by atoms with Gasteiger partial charge >= 0.3 is 0 Å². The van der Waals surface area contributed by atoms with Crippen LogP contribution in [-0.4, -0.2) is 21.3 Å². The van der Waals surface area contributed by atoms with Crippen molar-refractivity contribution in [2.75, 3.05) is 5.43 Å². The van der Waals surface area contributed by atoms with Crippen LogP contribution in [0.4, 0.5) is 5.82 Å². The molecule has 0 aliphatic heterocycles. The number of phenols is 1. The van der Waals surface area contributed by atoms with Gasteiger partial charge in [0.25, 0.3) is 0 Å². The van der Waals surface area contributed by atoms with Crippen LogP contribution in [0.3, 0.4) is 0 Å². The van der Waals surface area contributed by atoms with E-state index in [1.807, 2.05) is 36.4 Å². The maximum absolute atomic E-state index is 9.77. The third kappa shape index (κ3) is 2.56. The highest BCUT2D eigenvalue weighted by atomic mass is 16.3. The zero-order valence-electron chi connectivity index (χ0n) is 10.6. The number of hydrogen-bond donors (Lipinski definition) is 2. The molecule has 0 atom stereocenters. The van der Waals surface area contributed by atoms with Gasteiger partial charge < -0.3 is 5.11 Å². The largest absolute Gasteiger partial charge is 0.506 e. The smallest absolute Gasteiger partial charge is 0.146 e. The molecule has 2 aromatic heterocycles. The lowest BCUT2D eigenvalue weighted by Crippen LogP contribution is -1.94. The quantitative estimate of drug-likeness (QED) is 0.563. The van der Waals surface area contributed by atoms with Gasteiger partial charge in [0, 0.05) is 11.6 Å². The van der Waals surface area contributed by atoms with Crippen molar-refractivity contribution in [1.82, 2.24) is 9.97 Å². The molecule has 0 fully saturated rings. The molecule has 98 valence electrons. The minimum atomic E-state index is 0.162. The van der Waals surface area contributed by atoms with E-state index < -0.39 is 0 Å². The SMILES string of the molecule is Oc1cccc2ccc(/C=N/Nc3ccccn3)nc12. The first-order valence-corrected chi connectivity index (χ1v) is 6.12. The average Bonchev–Trinajstić information content (AvgIpc) is 2.49. The first kappa shape index (κ1) is 12.1. The third-order valence-corrected chi connectivity index (χ3v) is 2.76. The maximum atomic E-state index is 9.77. The van der Waals surface area contributed by atoms with E-state index in [1.165, 1.54) is 0 Å².